The lowest BCUT2D eigenvalue weighted by Gasteiger charge is -2.34. The third-order valence-electron chi connectivity index (χ3n) is 5.56. The largest absolute Gasteiger partial charge is 0.400 e. The highest BCUT2D eigenvalue weighted by Gasteiger charge is 2.25. The van der Waals surface area contributed by atoms with Crippen LogP contribution in [0.2, 0.25) is 0 Å². The minimum Gasteiger partial charge on any atom is -0.400 e. The number of rotatable bonds is 5. The van der Waals surface area contributed by atoms with Crippen molar-refractivity contribution in [2.45, 2.75) is 43.1 Å². The minimum atomic E-state index is -1.60. The zero-order valence-corrected chi connectivity index (χ0v) is 16.8. The maximum atomic E-state index is 14.4. The molecule has 4 aromatic heterocycles. The molecule has 1 aliphatic carbocycles. The lowest BCUT2D eigenvalue weighted by Crippen LogP contribution is -2.41. The number of anilines is 1. The summed E-state index contributed by atoms with van der Waals surface area (Å²) in [7, 11) is 16.6. The second kappa shape index (κ2) is 7.71. The van der Waals surface area contributed by atoms with Crippen LogP contribution in [0.25, 0.3) is 27.8 Å². The van der Waals surface area contributed by atoms with Crippen molar-refractivity contribution in [1.82, 2.24) is 24.3 Å². The van der Waals surface area contributed by atoms with E-state index in [1.54, 1.807) is 23.0 Å². The van der Waals surface area contributed by atoms with Crippen molar-refractivity contribution in [3.63, 3.8) is 0 Å². The predicted molar refractivity (Wildman–Crippen MR) is 119 cm³/mol. The van der Waals surface area contributed by atoms with E-state index in [0.29, 0.717) is 22.8 Å². The smallest absolute Gasteiger partial charge is 0.224 e. The maximum absolute atomic E-state index is 14.4. The van der Waals surface area contributed by atoms with Gasteiger partial charge in [-0.2, -0.15) is 4.98 Å². The highest BCUT2D eigenvalue weighted by molar-refractivity contribution is 6.58. The van der Waals surface area contributed by atoms with E-state index < -0.39 is 5.30 Å². The van der Waals surface area contributed by atoms with Crippen LogP contribution in [0, 0.1) is 5.82 Å². The second-order valence-corrected chi connectivity index (χ2v) is 7.98. The first kappa shape index (κ1) is 20.1. The third kappa shape index (κ3) is 4.19. The van der Waals surface area contributed by atoms with Crippen LogP contribution in [0.3, 0.4) is 0 Å². The fourth-order valence-electron chi connectivity index (χ4n) is 4.15. The second-order valence-electron chi connectivity index (χ2n) is 7.98. The molecule has 31 heavy (non-hydrogen) atoms. The fourth-order valence-corrected chi connectivity index (χ4v) is 4.15. The van der Waals surface area contributed by atoms with Crippen LogP contribution < -0.4 is 5.32 Å². The highest BCUT2D eigenvalue weighted by atomic mass is 19.1. The molecule has 0 atom stereocenters. The van der Waals surface area contributed by atoms with Crippen molar-refractivity contribution >= 4 is 46.2 Å². The van der Waals surface area contributed by atoms with Gasteiger partial charge in [-0.1, -0.05) is 0 Å². The first-order chi connectivity index (χ1) is 14.9. The van der Waals surface area contributed by atoms with Crippen molar-refractivity contribution < 1.29 is 9.13 Å². The van der Waals surface area contributed by atoms with E-state index in [0.717, 1.165) is 36.6 Å². The summed E-state index contributed by atoms with van der Waals surface area (Å²) in [6.07, 6.45) is 11.9. The summed E-state index contributed by atoms with van der Waals surface area (Å²) in [5.74, 6) is 0.152. The van der Waals surface area contributed by atoms with Crippen molar-refractivity contribution in [2.75, 3.05) is 5.32 Å². The Kier molecular flexibility index (Phi) is 5.00. The minimum absolute atomic E-state index is 0.0550. The molecule has 5 rings (SSSR count). The molecule has 150 valence electrons. The van der Waals surface area contributed by atoms with Crippen LogP contribution in [0.5, 0.6) is 0 Å². The number of halogens is 1. The number of ether oxygens (including phenoxy) is 1. The topological polar surface area (TPSA) is 80.1 Å². The summed E-state index contributed by atoms with van der Waals surface area (Å²) in [6, 6.07) is 1.68. The number of hydrogen-bond donors (Lipinski definition) is 2. The molecule has 4 heterocycles. The van der Waals surface area contributed by atoms with Crippen molar-refractivity contribution in [3.8, 4) is 11.1 Å². The molecule has 2 N–H and O–H groups in total. The summed E-state index contributed by atoms with van der Waals surface area (Å²) in [6.45, 7) is 0. The number of pyridine rings is 1. The standard InChI is InChI=1S/C20H18B3FN6O/c21-20(22,23)31-13-3-1-12(2-4-13)28-19-27-9-15-14(8-26-17(15)29-19)11-7-16(24)18-25-5-6-30(18)10-11/h5-10,12-13H,1-4H2,(H2,26,27,28,29). The number of hydrogen-bond acceptors (Lipinski definition) is 5. The molecule has 0 amide bonds. The predicted octanol–water partition coefficient (Wildman–Crippen LogP) is 2.27. The third-order valence-corrected chi connectivity index (χ3v) is 5.56. The van der Waals surface area contributed by atoms with Gasteiger partial charge in [0.2, 0.25) is 5.95 Å². The number of aromatic nitrogens is 5. The van der Waals surface area contributed by atoms with E-state index in [9.17, 15) is 4.39 Å². The molecular weight excluding hydrogens is 392 g/mol. The summed E-state index contributed by atoms with van der Waals surface area (Å²) < 4.78 is 21.5. The van der Waals surface area contributed by atoms with Crippen molar-refractivity contribution in [3.05, 3.63) is 42.9 Å². The Bertz CT molecular complexity index is 1230. The van der Waals surface area contributed by atoms with E-state index in [1.165, 1.54) is 6.07 Å². The van der Waals surface area contributed by atoms with Gasteiger partial charge in [0.05, 0.1) is 29.6 Å². The summed E-state index contributed by atoms with van der Waals surface area (Å²) in [5, 5.41) is 2.58. The lowest BCUT2D eigenvalue weighted by molar-refractivity contribution is 0.0202. The zero-order valence-electron chi connectivity index (χ0n) is 16.8. The molecule has 4 aromatic rings. The van der Waals surface area contributed by atoms with Gasteiger partial charge in [-0.05, 0) is 37.0 Å². The van der Waals surface area contributed by atoms with E-state index in [4.69, 9.17) is 28.3 Å². The van der Waals surface area contributed by atoms with Crippen molar-refractivity contribution in [2.24, 2.45) is 0 Å². The Morgan fingerprint density at radius 1 is 1.19 bits per heavy atom. The van der Waals surface area contributed by atoms with Crippen LogP contribution in [-0.2, 0) is 4.74 Å². The molecule has 11 heteroatoms. The van der Waals surface area contributed by atoms with Gasteiger partial charge in [0.25, 0.3) is 0 Å². The Morgan fingerprint density at radius 3 is 2.77 bits per heavy atom. The van der Waals surface area contributed by atoms with E-state index in [-0.39, 0.29) is 18.0 Å². The molecule has 0 bridgehead atoms. The monoisotopic (exact) mass is 410 g/mol. The number of H-pyrrole nitrogens is 1. The van der Waals surface area contributed by atoms with Crippen LogP contribution in [0.1, 0.15) is 25.7 Å². The van der Waals surface area contributed by atoms with Gasteiger partial charge in [-0.25, -0.2) is 14.4 Å². The fraction of sp³-hybridized carbons (Fsp3) is 0.350. The van der Waals surface area contributed by atoms with Gasteiger partial charge in [0.1, 0.15) is 5.65 Å². The van der Waals surface area contributed by atoms with Crippen LogP contribution in [0.4, 0.5) is 10.3 Å². The maximum Gasteiger partial charge on any atom is 0.224 e. The van der Waals surface area contributed by atoms with Crippen LogP contribution in [0.15, 0.2) is 37.1 Å². The number of nitrogens with zero attached hydrogens (tertiary/aromatic N) is 4. The van der Waals surface area contributed by atoms with Crippen LogP contribution in [-0.4, -0.2) is 65.3 Å². The van der Waals surface area contributed by atoms with E-state index >= 15 is 0 Å². The Hall–Kier alpha value is -2.81. The molecule has 1 saturated carbocycles. The summed E-state index contributed by atoms with van der Waals surface area (Å²) in [5.41, 5.74) is 2.51. The van der Waals surface area contributed by atoms with E-state index in [1.807, 2.05) is 12.4 Å². The molecule has 6 radical (unpaired) electrons. The Morgan fingerprint density at radius 2 is 2.00 bits per heavy atom. The number of aromatic amines is 1. The molecule has 1 aliphatic rings. The average molecular weight is 410 g/mol. The molecule has 0 aromatic carbocycles. The molecule has 0 unspecified atom stereocenters. The first-order valence-electron chi connectivity index (χ1n) is 10.1. The van der Waals surface area contributed by atoms with Gasteiger partial charge in [-0.15, -0.1) is 0 Å². The molecular formula is C20H18B3FN6O. The molecule has 0 aliphatic heterocycles. The first-order valence-corrected chi connectivity index (χ1v) is 10.1. The Balaban J connectivity index is 1.32. The molecule has 7 nitrogen and oxygen atoms in total. The quantitative estimate of drug-likeness (QED) is 0.494. The van der Waals surface area contributed by atoms with E-state index in [2.05, 4.69) is 25.3 Å². The average Bonchev–Trinajstić information content (AvgIpc) is 3.35. The molecule has 0 spiro atoms. The number of imidazole rings is 1. The highest BCUT2D eigenvalue weighted by Crippen LogP contribution is 2.30. The Labute approximate surface area is 182 Å². The molecule has 0 saturated heterocycles. The normalized spacial score (nSPS) is 19.8. The summed E-state index contributed by atoms with van der Waals surface area (Å²) in [4.78, 5) is 16.2. The van der Waals surface area contributed by atoms with Crippen molar-refractivity contribution in [1.29, 1.82) is 0 Å². The van der Waals surface area contributed by atoms with Gasteiger partial charge >= 0.3 is 0 Å². The lowest BCUT2D eigenvalue weighted by atomic mass is 9.52. The van der Waals surface area contributed by atoms with Gasteiger partial charge < -0.3 is 19.4 Å². The van der Waals surface area contributed by atoms with Gasteiger partial charge in [0.15, 0.2) is 11.5 Å². The van der Waals surface area contributed by atoms with Gasteiger partial charge in [-0.3, -0.25) is 0 Å². The number of fused-ring (bicyclic) bond motifs is 2. The van der Waals surface area contributed by atoms with Crippen LogP contribution >= 0.6 is 0 Å². The summed E-state index contributed by atoms with van der Waals surface area (Å²) >= 11 is 0. The van der Waals surface area contributed by atoms with Gasteiger partial charge in [0, 0.05) is 53.5 Å². The molecule has 1 fully saturated rings. The SMILES string of the molecule is [B]C([B])([B])OC1CCC(Nc2ncc3c(-c4cc(F)c5nccn5c4)c[nH]c3n2)CC1. The number of nitrogens with one attached hydrogen (secondary N) is 2. The zero-order chi connectivity index (χ0) is 21.6.